The molecule has 0 aliphatic carbocycles. The van der Waals surface area contributed by atoms with E-state index in [4.69, 9.17) is 5.11 Å². The van der Waals surface area contributed by atoms with Crippen molar-refractivity contribution in [2.24, 2.45) is 10.2 Å². The predicted octanol–water partition coefficient (Wildman–Crippen LogP) is 4.02. The van der Waals surface area contributed by atoms with E-state index in [1.807, 2.05) is 0 Å². The molecule has 0 fully saturated rings. The second-order valence-electron chi connectivity index (χ2n) is 3.79. The lowest BCUT2D eigenvalue weighted by molar-refractivity contribution is -0.384. The van der Waals surface area contributed by atoms with Gasteiger partial charge in [-0.25, -0.2) is 0 Å². The van der Waals surface area contributed by atoms with E-state index in [0.717, 1.165) is 0 Å². The number of Topliss-reactive ketones (excluding diaryl/α,β-unsaturated/α-hetero) is 1. The highest BCUT2D eigenvalue weighted by Crippen LogP contribution is 2.20. The third-order valence-electron chi connectivity index (χ3n) is 2.43. The molecule has 1 aromatic carbocycles. The fourth-order valence-electron chi connectivity index (χ4n) is 1.42. The first-order chi connectivity index (χ1) is 10.1. The van der Waals surface area contributed by atoms with E-state index in [1.54, 1.807) is 17.5 Å². The molecule has 0 saturated heterocycles. The van der Waals surface area contributed by atoms with Crippen LogP contribution >= 0.6 is 11.3 Å². The molecular formula is C13H9N3O4S. The molecule has 0 saturated carbocycles. The Balaban J connectivity index is 2.15. The minimum absolute atomic E-state index is 0.0680. The molecule has 0 spiro atoms. The number of carbonyl (C=O) groups is 1. The van der Waals surface area contributed by atoms with Crippen LogP contribution in [0.2, 0.25) is 0 Å². The summed E-state index contributed by atoms with van der Waals surface area (Å²) in [4.78, 5) is 22.4. The maximum atomic E-state index is 11.9. The number of azo groups is 1. The van der Waals surface area contributed by atoms with Gasteiger partial charge in [0.1, 0.15) is 6.26 Å². The average Bonchev–Trinajstić information content (AvgIpc) is 3.02. The molecule has 7 nitrogen and oxygen atoms in total. The second kappa shape index (κ2) is 6.53. The van der Waals surface area contributed by atoms with E-state index >= 15 is 0 Å². The number of nitro benzene ring substituents is 1. The number of hydrogen-bond acceptors (Lipinski definition) is 7. The third-order valence-corrected chi connectivity index (χ3v) is 3.30. The van der Waals surface area contributed by atoms with E-state index in [2.05, 4.69) is 10.2 Å². The lowest BCUT2D eigenvalue weighted by Crippen LogP contribution is -1.98. The van der Waals surface area contributed by atoms with Crippen LogP contribution < -0.4 is 0 Å². The molecule has 0 aliphatic rings. The standard InChI is InChI=1S/C13H9N3O4S/c17-8-11(13(18)12-2-1-7-21-12)15-14-9-3-5-10(6-4-9)16(19)20/h1-8,17H/b11-8+,15-14?. The molecule has 1 heterocycles. The molecule has 1 aromatic heterocycles. The van der Waals surface area contributed by atoms with Gasteiger partial charge >= 0.3 is 0 Å². The smallest absolute Gasteiger partial charge is 0.269 e. The normalized spacial score (nSPS) is 11.7. The zero-order chi connectivity index (χ0) is 15.2. The number of hydrogen-bond donors (Lipinski definition) is 1. The Morgan fingerprint density at radius 1 is 1.29 bits per heavy atom. The van der Waals surface area contributed by atoms with Gasteiger partial charge in [0.25, 0.3) is 5.69 Å². The minimum Gasteiger partial charge on any atom is -0.513 e. The van der Waals surface area contributed by atoms with Gasteiger partial charge in [0, 0.05) is 12.1 Å². The number of nitro groups is 1. The van der Waals surface area contributed by atoms with Crippen LogP contribution in [0, 0.1) is 10.1 Å². The summed E-state index contributed by atoms with van der Waals surface area (Å²) in [5.41, 5.74) is 0.0521. The SMILES string of the molecule is O=C(/C(=C\O)N=Nc1ccc([N+](=O)[O-])cc1)c1cccs1. The van der Waals surface area contributed by atoms with Gasteiger partial charge in [-0.2, -0.15) is 5.11 Å². The van der Waals surface area contributed by atoms with Crippen molar-refractivity contribution in [3.8, 4) is 0 Å². The summed E-state index contributed by atoms with van der Waals surface area (Å²) in [6.45, 7) is 0. The molecule has 2 aromatic rings. The fourth-order valence-corrected chi connectivity index (χ4v) is 2.09. The number of thiophene rings is 1. The van der Waals surface area contributed by atoms with Crippen molar-refractivity contribution in [3.05, 3.63) is 68.7 Å². The molecule has 1 N–H and O–H groups in total. The van der Waals surface area contributed by atoms with Crippen molar-refractivity contribution in [2.45, 2.75) is 0 Å². The molecule has 106 valence electrons. The van der Waals surface area contributed by atoms with E-state index in [-0.39, 0.29) is 11.4 Å². The van der Waals surface area contributed by atoms with Gasteiger partial charge in [0.2, 0.25) is 5.78 Å². The Morgan fingerprint density at radius 2 is 2.00 bits per heavy atom. The van der Waals surface area contributed by atoms with E-state index < -0.39 is 10.7 Å². The van der Waals surface area contributed by atoms with Crippen molar-refractivity contribution in [1.82, 2.24) is 0 Å². The number of ketones is 1. The monoisotopic (exact) mass is 303 g/mol. The lowest BCUT2D eigenvalue weighted by Gasteiger charge is -1.96. The maximum Gasteiger partial charge on any atom is 0.269 e. The molecule has 0 amide bonds. The quantitative estimate of drug-likeness (QED) is 0.225. The van der Waals surface area contributed by atoms with Crippen molar-refractivity contribution >= 4 is 28.5 Å². The summed E-state index contributed by atoms with van der Waals surface area (Å²) in [5.74, 6) is -0.446. The van der Waals surface area contributed by atoms with Gasteiger partial charge in [0.05, 0.1) is 15.5 Å². The molecule has 8 heteroatoms. The Labute approximate surface area is 123 Å². The van der Waals surface area contributed by atoms with E-state index in [9.17, 15) is 14.9 Å². The molecule has 0 unspecified atom stereocenters. The zero-order valence-electron chi connectivity index (χ0n) is 10.5. The first kappa shape index (κ1) is 14.5. The summed E-state index contributed by atoms with van der Waals surface area (Å²) >= 11 is 1.22. The largest absolute Gasteiger partial charge is 0.513 e. The van der Waals surface area contributed by atoms with E-state index in [0.29, 0.717) is 16.8 Å². The first-order valence-corrected chi connectivity index (χ1v) is 6.58. The van der Waals surface area contributed by atoms with Gasteiger partial charge in [-0.1, -0.05) is 6.07 Å². The zero-order valence-corrected chi connectivity index (χ0v) is 11.4. The number of nitrogens with zero attached hydrogens (tertiary/aromatic N) is 3. The van der Waals surface area contributed by atoms with Crippen molar-refractivity contribution in [3.63, 3.8) is 0 Å². The van der Waals surface area contributed by atoms with Crippen molar-refractivity contribution in [2.75, 3.05) is 0 Å². The number of non-ortho nitro benzene ring substituents is 1. The minimum atomic E-state index is -0.527. The molecule has 2 rings (SSSR count). The summed E-state index contributed by atoms with van der Waals surface area (Å²) in [5, 5.41) is 28.7. The van der Waals surface area contributed by atoms with Crippen LogP contribution in [0.3, 0.4) is 0 Å². The summed E-state index contributed by atoms with van der Waals surface area (Å²) in [6, 6.07) is 8.66. The second-order valence-corrected chi connectivity index (χ2v) is 4.74. The Bertz CT molecular complexity index is 706. The number of carbonyl (C=O) groups excluding carboxylic acids is 1. The summed E-state index contributed by atoms with van der Waals surface area (Å²) in [6.07, 6.45) is 0.580. The van der Waals surface area contributed by atoms with Crippen LogP contribution in [-0.2, 0) is 0 Å². The number of allylic oxidation sites excluding steroid dienone is 1. The number of benzene rings is 1. The molecule has 0 bridgehead atoms. The van der Waals surface area contributed by atoms with Crippen molar-refractivity contribution in [1.29, 1.82) is 0 Å². The van der Waals surface area contributed by atoms with E-state index in [1.165, 1.54) is 35.6 Å². The van der Waals surface area contributed by atoms with Crippen molar-refractivity contribution < 1.29 is 14.8 Å². The predicted molar refractivity (Wildman–Crippen MR) is 77.0 cm³/mol. The fraction of sp³-hybridized carbons (Fsp3) is 0. The maximum absolute atomic E-state index is 11.9. The molecule has 0 atom stereocenters. The Hall–Kier alpha value is -2.87. The van der Waals surface area contributed by atoms with Gasteiger partial charge in [-0.3, -0.25) is 14.9 Å². The average molecular weight is 303 g/mol. The molecule has 21 heavy (non-hydrogen) atoms. The number of aliphatic hydroxyl groups excluding tert-OH is 1. The Morgan fingerprint density at radius 3 is 2.52 bits per heavy atom. The number of aliphatic hydroxyl groups is 1. The van der Waals surface area contributed by atoms with Gasteiger partial charge in [0.15, 0.2) is 5.70 Å². The first-order valence-electron chi connectivity index (χ1n) is 5.70. The Kier molecular flexibility index (Phi) is 4.52. The number of rotatable bonds is 5. The van der Waals surface area contributed by atoms with Crippen LogP contribution in [0.5, 0.6) is 0 Å². The van der Waals surface area contributed by atoms with Crippen LogP contribution in [0.25, 0.3) is 0 Å². The van der Waals surface area contributed by atoms with Crippen LogP contribution in [0.4, 0.5) is 11.4 Å². The lowest BCUT2D eigenvalue weighted by atomic mass is 10.2. The van der Waals surface area contributed by atoms with Crippen LogP contribution in [-0.4, -0.2) is 15.8 Å². The van der Waals surface area contributed by atoms with Gasteiger partial charge < -0.3 is 5.11 Å². The highest BCUT2D eigenvalue weighted by molar-refractivity contribution is 7.12. The van der Waals surface area contributed by atoms with Crippen LogP contribution in [0.15, 0.2) is 64.0 Å². The highest BCUT2D eigenvalue weighted by atomic mass is 32.1. The van der Waals surface area contributed by atoms with Gasteiger partial charge in [-0.05, 0) is 23.6 Å². The molecular weight excluding hydrogens is 294 g/mol. The molecule has 0 radical (unpaired) electrons. The molecule has 0 aliphatic heterocycles. The highest BCUT2D eigenvalue weighted by Gasteiger charge is 2.13. The van der Waals surface area contributed by atoms with Crippen LogP contribution in [0.1, 0.15) is 9.67 Å². The third kappa shape index (κ3) is 3.57. The topological polar surface area (TPSA) is 105 Å². The summed E-state index contributed by atoms with van der Waals surface area (Å²) < 4.78 is 0. The summed E-state index contributed by atoms with van der Waals surface area (Å²) in [7, 11) is 0. The van der Waals surface area contributed by atoms with Gasteiger partial charge in [-0.15, -0.1) is 16.5 Å².